The van der Waals surface area contributed by atoms with Crippen LogP contribution in [0.5, 0.6) is 0 Å². The summed E-state index contributed by atoms with van der Waals surface area (Å²) in [6.45, 7) is 3.95. The second-order valence-corrected chi connectivity index (χ2v) is 6.42. The molecule has 0 aliphatic carbocycles. The minimum atomic E-state index is -0.508. The maximum Gasteiger partial charge on any atom is 0.230 e. The number of nitrogens with zero attached hydrogens (tertiary/aromatic N) is 3. The molecule has 2 heterocycles. The third-order valence-corrected chi connectivity index (χ3v) is 4.55. The minimum Gasteiger partial charge on any atom is -0.360 e. The number of aryl methyl sites for hydroxylation is 1. The van der Waals surface area contributed by atoms with Crippen molar-refractivity contribution in [3.05, 3.63) is 47.9 Å². The van der Waals surface area contributed by atoms with E-state index < -0.39 is 5.54 Å². The SMILES string of the molecule is [B]c1cccc(-c2cc([C@]3(C)CC(=O)N(C)C(=CC)N3)n(C)n2)c1. The molecule has 1 fully saturated rings. The quantitative estimate of drug-likeness (QED) is 0.851. The normalized spacial score (nSPS) is 22.8. The number of amides is 1. The lowest BCUT2D eigenvalue weighted by atomic mass is 9.89. The van der Waals surface area contributed by atoms with Gasteiger partial charge in [-0.25, -0.2) is 0 Å². The summed E-state index contributed by atoms with van der Waals surface area (Å²) in [5.74, 6) is 0.886. The van der Waals surface area contributed by atoms with Gasteiger partial charge < -0.3 is 10.2 Å². The number of hydrogen-bond donors (Lipinski definition) is 1. The fourth-order valence-electron chi connectivity index (χ4n) is 3.21. The molecule has 1 amide bonds. The van der Waals surface area contributed by atoms with Crippen molar-refractivity contribution in [2.45, 2.75) is 25.8 Å². The van der Waals surface area contributed by atoms with Crippen LogP contribution in [0.1, 0.15) is 26.0 Å². The Bertz CT molecular complexity index is 826. The molecule has 0 spiro atoms. The Balaban J connectivity index is 2.02. The average Bonchev–Trinajstić information content (AvgIpc) is 2.94. The Hall–Kier alpha value is -2.50. The lowest BCUT2D eigenvalue weighted by Gasteiger charge is -2.40. The highest BCUT2D eigenvalue weighted by Gasteiger charge is 2.39. The van der Waals surface area contributed by atoms with Crippen molar-refractivity contribution in [1.82, 2.24) is 20.0 Å². The van der Waals surface area contributed by atoms with Crippen LogP contribution in [0.4, 0.5) is 0 Å². The molecule has 1 aromatic carbocycles. The molecule has 6 heteroatoms. The molecule has 1 atom stereocenters. The zero-order chi connectivity index (χ0) is 17.5. The zero-order valence-electron chi connectivity index (χ0n) is 14.5. The highest BCUT2D eigenvalue weighted by atomic mass is 16.2. The molecule has 1 aliphatic rings. The smallest absolute Gasteiger partial charge is 0.230 e. The molecule has 24 heavy (non-hydrogen) atoms. The number of aromatic nitrogens is 2. The molecule has 0 bridgehead atoms. The average molecular weight is 320 g/mol. The maximum atomic E-state index is 12.4. The first kappa shape index (κ1) is 16.4. The Labute approximate surface area is 143 Å². The van der Waals surface area contributed by atoms with Gasteiger partial charge in [-0.15, -0.1) is 0 Å². The molecule has 0 unspecified atom stereocenters. The predicted molar refractivity (Wildman–Crippen MR) is 95.7 cm³/mol. The van der Waals surface area contributed by atoms with E-state index in [1.807, 2.05) is 62.0 Å². The Morgan fingerprint density at radius 2 is 2.08 bits per heavy atom. The van der Waals surface area contributed by atoms with Crippen LogP contribution >= 0.6 is 0 Å². The van der Waals surface area contributed by atoms with E-state index in [1.165, 1.54) is 0 Å². The maximum absolute atomic E-state index is 12.4. The molecular formula is C18H21BN4O. The number of carbonyl (C=O) groups is 1. The molecule has 0 saturated carbocycles. The van der Waals surface area contributed by atoms with Crippen molar-refractivity contribution < 1.29 is 4.79 Å². The van der Waals surface area contributed by atoms with Crippen molar-refractivity contribution in [3.8, 4) is 11.3 Å². The van der Waals surface area contributed by atoms with Crippen LogP contribution in [-0.2, 0) is 17.4 Å². The highest BCUT2D eigenvalue weighted by Crippen LogP contribution is 2.33. The molecular weight excluding hydrogens is 299 g/mol. The van der Waals surface area contributed by atoms with Gasteiger partial charge in [-0.1, -0.05) is 29.7 Å². The van der Waals surface area contributed by atoms with Crippen LogP contribution < -0.4 is 10.8 Å². The number of nitrogens with one attached hydrogen (secondary N) is 1. The van der Waals surface area contributed by atoms with Crippen molar-refractivity contribution in [1.29, 1.82) is 0 Å². The summed E-state index contributed by atoms with van der Waals surface area (Å²) in [5.41, 5.74) is 2.96. The number of carbonyl (C=O) groups excluding carboxylic acids is 1. The lowest BCUT2D eigenvalue weighted by Crippen LogP contribution is -2.53. The molecule has 5 nitrogen and oxygen atoms in total. The van der Waals surface area contributed by atoms with Crippen molar-refractivity contribution in [2.75, 3.05) is 7.05 Å². The van der Waals surface area contributed by atoms with Gasteiger partial charge in [0.25, 0.3) is 0 Å². The number of allylic oxidation sites excluding steroid dienone is 1. The Morgan fingerprint density at radius 1 is 1.33 bits per heavy atom. The summed E-state index contributed by atoms with van der Waals surface area (Å²) in [4.78, 5) is 14.0. The minimum absolute atomic E-state index is 0.0797. The van der Waals surface area contributed by atoms with E-state index in [4.69, 9.17) is 7.85 Å². The molecule has 1 aliphatic heterocycles. The fraction of sp³-hybridized carbons (Fsp3) is 0.333. The summed E-state index contributed by atoms with van der Waals surface area (Å²) < 4.78 is 1.83. The van der Waals surface area contributed by atoms with E-state index in [0.29, 0.717) is 11.9 Å². The fourth-order valence-corrected chi connectivity index (χ4v) is 3.21. The monoisotopic (exact) mass is 320 g/mol. The summed E-state index contributed by atoms with van der Waals surface area (Å²) in [5, 5.41) is 8.09. The van der Waals surface area contributed by atoms with Gasteiger partial charge in [0.2, 0.25) is 5.91 Å². The Morgan fingerprint density at radius 3 is 2.75 bits per heavy atom. The topological polar surface area (TPSA) is 50.2 Å². The van der Waals surface area contributed by atoms with Crippen molar-refractivity contribution in [2.24, 2.45) is 7.05 Å². The molecule has 2 aromatic rings. The second-order valence-electron chi connectivity index (χ2n) is 6.42. The summed E-state index contributed by atoms with van der Waals surface area (Å²) >= 11 is 0. The van der Waals surface area contributed by atoms with E-state index in [0.717, 1.165) is 22.8 Å². The molecule has 1 N–H and O–H groups in total. The van der Waals surface area contributed by atoms with E-state index in [2.05, 4.69) is 10.4 Å². The van der Waals surface area contributed by atoms with Crippen LogP contribution in [0, 0.1) is 0 Å². The van der Waals surface area contributed by atoms with E-state index >= 15 is 0 Å². The molecule has 3 rings (SSSR count). The van der Waals surface area contributed by atoms with Crippen LogP contribution in [0.15, 0.2) is 42.2 Å². The van der Waals surface area contributed by atoms with Gasteiger partial charge in [0, 0.05) is 19.7 Å². The Kier molecular flexibility index (Phi) is 3.99. The third-order valence-electron chi connectivity index (χ3n) is 4.55. The van der Waals surface area contributed by atoms with Gasteiger partial charge in [-0.3, -0.25) is 9.48 Å². The van der Waals surface area contributed by atoms with Gasteiger partial charge in [0.1, 0.15) is 13.7 Å². The van der Waals surface area contributed by atoms with Crippen LogP contribution in [0.2, 0.25) is 0 Å². The predicted octanol–water partition coefficient (Wildman–Crippen LogP) is 1.41. The molecule has 1 aromatic heterocycles. The molecule has 2 radical (unpaired) electrons. The summed E-state index contributed by atoms with van der Waals surface area (Å²) in [6.07, 6.45) is 2.28. The van der Waals surface area contributed by atoms with Crippen LogP contribution in [0.3, 0.4) is 0 Å². The second kappa shape index (κ2) is 5.85. The number of hydrogen-bond acceptors (Lipinski definition) is 3. The first-order valence-corrected chi connectivity index (χ1v) is 7.95. The van der Waals surface area contributed by atoms with E-state index in [-0.39, 0.29) is 5.91 Å². The first-order valence-electron chi connectivity index (χ1n) is 7.95. The van der Waals surface area contributed by atoms with Gasteiger partial charge in [0.15, 0.2) is 0 Å². The van der Waals surface area contributed by atoms with E-state index in [1.54, 1.807) is 11.9 Å². The number of rotatable bonds is 2. The summed E-state index contributed by atoms with van der Waals surface area (Å²) in [6, 6.07) is 9.67. The van der Waals surface area contributed by atoms with E-state index in [9.17, 15) is 4.79 Å². The third kappa shape index (κ3) is 2.73. The molecule has 122 valence electrons. The summed E-state index contributed by atoms with van der Waals surface area (Å²) in [7, 11) is 9.56. The first-order chi connectivity index (χ1) is 11.3. The van der Waals surface area contributed by atoms with Gasteiger partial charge in [-0.05, 0) is 26.0 Å². The van der Waals surface area contributed by atoms with Crippen LogP contribution in [0.25, 0.3) is 11.3 Å². The van der Waals surface area contributed by atoms with Gasteiger partial charge in [0.05, 0.1) is 23.3 Å². The lowest BCUT2D eigenvalue weighted by molar-refractivity contribution is -0.132. The largest absolute Gasteiger partial charge is 0.360 e. The standard InChI is InChI=1S/C18H21BN4O/c1-5-16-20-18(2,11-17(24)22(16)3)15-10-14(21-23(15)4)12-7-6-8-13(19)9-12/h5-10,20H,11H2,1-4H3/t18-/m0/s1. The molecule has 1 saturated heterocycles. The van der Waals surface area contributed by atoms with Gasteiger partial charge in [-0.2, -0.15) is 5.10 Å². The zero-order valence-corrected chi connectivity index (χ0v) is 14.5. The van der Waals surface area contributed by atoms with Crippen LogP contribution in [-0.4, -0.2) is 35.5 Å². The highest BCUT2D eigenvalue weighted by molar-refractivity contribution is 6.32. The van der Waals surface area contributed by atoms with Gasteiger partial charge >= 0.3 is 0 Å². The van der Waals surface area contributed by atoms with Crippen molar-refractivity contribution in [3.63, 3.8) is 0 Å². The number of benzene rings is 1. The van der Waals surface area contributed by atoms with Crippen molar-refractivity contribution >= 4 is 19.2 Å².